The average Bonchev–Trinajstić information content (AvgIpc) is 2.97. The smallest absolute Gasteiger partial charge is 0.285 e. The fourth-order valence-electron chi connectivity index (χ4n) is 2.05. The number of benzene rings is 1. The van der Waals surface area contributed by atoms with Crippen molar-refractivity contribution in [3.05, 3.63) is 85.5 Å². The van der Waals surface area contributed by atoms with E-state index in [1.807, 2.05) is 40.4 Å². The standard InChI is InChI=1S/C16H12ClN3O2S/c17-13-6-2-1-4-11(13)10-20-8-9-23-16(20)19-15(22)12-5-3-7-18-14(12)21/h1-9H,10H2,(H,18,21). The van der Waals surface area contributed by atoms with Gasteiger partial charge in [-0.15, -0.1) is 11.3 Å². The third-order valence-corrected chi connectivity index (χ3v) is 4.37. The van der Waals surface area contributed by atoms with Gasteiger partial charge in [0.25, 0.3) is 11.5 Å². The molecule has 0 spiro atoms. The maximum Gasteiger partial charge on any atom is 0.285 e. The van der Waals surface area contributed by atoms with E-state index in [9.17, 15) is 9.59 Å². The maximum atomic E-state index is 12.2. The van der Waals surface area contributed by atoms with E-state index in [0.717, 1.165) is 5.56 Å². The molecule has 0 radical (unpaired) electrons. The zero-order chi connectivity index (χ0) is 16.2. The highest BCUT2D eigenvalue weighted by molar-refractivity contribution is 7.07. The molecule has 0 saturated heterocycles. The van der Waals surface area contributed by atoms with Crippen LogP contribution in [0.1, 0.15) is 15.9 Å². The van der Waals surface area contributed by atoms with Gasteiger partial charge in [-0.3, -0.25) is 9.59 Å². The molecule has 3 aromatic rings. The fourth-order valence-corrected chi connectivity index (χ4v) is 2.98. The van der Waals surface area contributed by atoms with E-state index in [2.05, 4.69) is 9.98 Å². The molecule has 0 aliphatic carbocycles. The van der Waals surface area contributed by atoms with Crippen LogP contribution in [0, 0.1) is 0 Å². The number of carbonyl (C=O) groups excluding carboxylic acids is 1. The molecule has 0 aliphatic heterocycles. The predicted molar refractivity (Wildman–Crippen MR) is 89.8 cm³/mol. The number of amides is 1. The van der Waals surface area contributed by atoms with Gasteiger partial charge in [-0.05, 0) is 23.8 Å². The third-order valence-electron chi connectivity index (χ3n) is 3.20. The Morgan fingerprint density at radius 1 is 1.26 bits per heavy atom. The number of aromatic nitrogens is 2. The quantitative estimate of drug-likeness (QED) is 0.793. The van der Waals surface area contributed by atoms with E-state index in [1.165, 1.54) is 23.6 Å². The second-order valence-electron chi connectivity index (χ2n) is 4.73. The summed E-state index contributed by atoms with van der Waals surface area (Å²) >= 11 is 7.49. The molecule has 3 rings (SSSR count). The van der Waals surface area contributed by atoms with Crippen molar-refractivity contribution in [1.29, 1.82) is 0 Å². The van der Waals surface area contributed by atoms with Crippen LogP contribution in [0.5, 0.6) is 0 Å². The van der Waals surface area contributed by atoms with Crippen molar-refractivity contribution in [3.63, 3.8) is 0 Å². The van der Waals surface area contributed by atoms with Crippen LogP contribution < -0.4 is 10.4 Å². The SMILES string of the molecule is O=C(N=c1sccn1Cc1ccccc1Cl)c1ccc[nH]c1=O. The summed E-state index contributed by atoms with van der Waals surface area (Å²) < 4.78 is 1.82. The Kier molecular flexibility index (Phi) is 4.55. The molecule has 0 aliphatic rings. The third kappa shape index (κ3) is 3.49. The summed E-state index contributed by atoms with van der Waals surface area (Å²) in [4.78, 5) is 30.9. The lowest BCUT2D eigenvalue weighted by molar-refractivity contribution is 0.0996. The van der Waals surface area contributed by atoms with Gasteiger partial charge in [-0.2, -0.15) is 4.99 Å². The Hall–Kier alpha value is -2.44. The maximum absolute atomic E-state index is 12.2. The summed E-state index contributed by atoms with van der Waals surface area (Å²) in [7, 11) is 0. The van der Waals surface area contributed by atoms with E-state index in [0.29, 0.717) is 16.4 Å². The highest BCUT2D eigenvalue weighted by Crippen LogP contribution is 2.15. The molecule has 7 heteroatoms. The number of pyridine rings is 1. The van der Waals surface area contributed by atoms with Crippen molar-refractivity contribution >= 4 is 28.8 Å². The van der Waals surface area contributed by atoms with E-state index in [4.69, 9.17) is 11.6 Å². The minimum atomic E-state index is -0.567. The van der Waals surface area contributed by atoms with Crippen molar-refractivity contribution in [2.45, 2.75) is 6.54 Å². The van der Waals surface area contributed by atoms with Crippen molar-refractivity contribution in [3.8, 4) is 0 Å². The number of rotatable bonds is 3. The highest BCUT2D eigenvalue weighted by Gasteiger charge is 2.09. The molecule has 1 aromatic carbocycles. The van der Waals surface area contributed by atoms with Crippen LogP contribution in [0.4, 0.5) is 0 Å². The highest BCUT2D eigenvalue weighted by atomic mass is 35.5. The zero-order valence-corrected chi connectivity index (χ0v) is 13.5. The lowest BCUT2D eigenvalue weighted by Crippen LogP contribution is -2.20. The molecule has 2 heterocycles. The van der Waals surface area contributed by atoms with Gasteiger partial charge in [-0.25, -0.2) is 0 Å². The van der Waals surface area contributed by atoms with Gasteiger partial charge in [-0.1, -0.05) is 29.8 Å². The fraction of sp³-hybridized carbons (Fsp3) is 0.0625. The zero-order valence-electron chi connectivity index (χ0n) is 11.9. The van der Waals surface area contributed by atoms with Gasteiger partial charge in [0.15, 0.2) is 4.80 Å². The largest absolute Gasteiger partial charge is 0.328 e. The normalized spacial score (nSPS) is 11.6. The Balaban J connectivity index is 1.95. The average molecular weight is 346 g/mol. The second kappa shape index (κ2) is 6.76. The van der Waals surface area contributed by atoms with Crippen LogP contribution >= 0.6 is 22.9 Å². The molecule has 0 unspecified atom stereocenters. The molecule has 0 atom stereocenters. The molecule has 1 amide bonds. The van der Waals surface area contributed by atoms with Gasteiger partial charge >= 0.3 is 0 Å². The van der Waals surface area contributed by atoms with E-state index in [1.54, 1.807) is 6.07 Å². The van der Waals surface area contributed by atoms with Gasteiger partial charge in [0.2, 0.25) is 0 Å². The van der Waals surface area contributed by atoms with Crippen LogP contribution in [-0.2, 0) is 6.54 Å². The van der Waals surface area contributed by atoms with Gasteiger partial charge in [0.1, 0.15) is 5.56 Å². The number of nitrogens with one attached hydrogen (secondary N) is 1. The first-order chi connectivity index (χ1) is 11.1. The molecule has 116 valence electrons. The Morgan fingerprint density at radius 3 is 2.87 bits per heavy atom. The van der Waals surface area contributed by atoms with E-state index in [-0.39, 0.29) is 5.56 Å². The molecule has 23 heavy (non-hydrogen) atoms. The lowest BCUT2D eigenvalue weighted by atomic mass is 10.2. The molecule has 2 aromatic heterocycles. The monoisotopic (exact) mass is 345 g/mol. The number of hydrogen-bond donors (Lipinski definition) is 1. The number of nitrogens with zero attached hydrogens (tertiary/aromatic N) is 2. The van der Waals surface area contributed by atoms with Crippen molar-refractivity contribution in [2.75, 3.05) is 0 Å². The van der Waals surface area contributed by atoms with Crippen LogP contribution in [0.2, 0.25) is 5.02 Å². The Morgan fingerprint density at radius 2 is 2.09 bits per heavy atom. The minimum absolute atomic E-state index is 0.0187. The van der Waals surface area contributed by atoms with Crippen molar-refractivity contribution in [2.24, 2.45) is 4.99 Å². The first-order valence-electron chi connectivity index (χ1n) is 6.79. The Bertz CT molecular complexity index is 971. The number of thiazole rings is 1. The predicted octanol–water partition coefficient (Wildman–Crippen LogP) is 2.68. The Labute approximate surface area is 140 Å². The van der Waals surface area contributed by atoms with Crippen molar-refractivity contribution < 1.29 is 4.79 Å². The molecule has 0 saturated carbocycles. The molecule has 1 N–H and O–H groups in total. The number of carbonyl (C=O) groups is 1. The lowest BCUT2D eigenvalue weighted by Gasteiger charge is -2.05. The topological polar surface area (TPSA) is 67.2 Å². The molecular formula is C16H12ClN3O2S. The van der Waals surface area contributed by atoms with Crippen LogP contribution in [-0.4, -0.2) is 15.5 Å². The summed E-state index contributed by atoms with van der Waals surface area (Å²) in [5, 5.41) is 2.49. The molecule has 0 bridgehead atoms. The number of hydrogen-bond acceptors (Lipinski definition) is 3. The first kappa shape index (κ1) is 15.5. The summed E-state index contributed by atoms with van der Waals surface area (Å²) in [5.74, 6) is -0.567. The number of halogens is 1. The van der Waals surface area contributed by atoms with Crippen LogP contribution in [0.15, 0.2) is 64.0 Å². The van der Waals surface area contributed by atoms with Crippen molar-refractivity contribution in [1.82, 2.24) is 9.55 Å². The van der Waals surface area contributed by atoms with Crippen LogP contribution in [0.25, 0.3) is 0 Å². The van der Waals surface area contributed by atoms with E-state index < -0.39 is 11.5 Å². The molecular weight excluding hydrogens is 334 g/mol. The number of H-pyrrole nitrogens is 1. The summed E-state index contributed by atoms with van der Waals surface area (Å²) in [6.45, 7) is 0.500. The second-order valence-corrected chi connectivity index (χ2v) is 6.01. The summed E-state index contributed by atoms with van der Waals surface area (Å²) in [6.07, 6.45) is 3.30. The first-order valence-corrected chi connectivity index (χ1v) is 8.05. The van der Waals surface area contributed by atoms with Crippen LogP contribution in [0.3, 0.4) is 0 Å². The number of aromatic amines is 1. The molecule has 5 nitrogen and oxygen atoms in total. The summed E-state index contributed by atoms with van der Waals surface area (Å²) in [6, 6.07) is 10.5. The van der Waals surface area contributed by atoms with Gasteiger partial charge in [0.05, 0.1) is 6.54 Å². The summed E-state index contributed by atoms with van der Waals surface area (Å²) in [5.41, 5.74) is 0.500. The van der Waals surface area contributed by atoms with E-state index >= 15 is 0 Å². The van der Waals surface area contributed by atoms with Gasteiger partial charge in [0, 0.05) is 22.8 Å². The minimum Gasteiger partial charge on any atom is -0.328 e. The molecule has 0 fully saturated rings. The van der Waals surface area contributed by atoms with Gasteiger partial charge < -0.3 is 9.55 Å².